The van der Waals surface area contributed by atoms with E-state index in [-0.39, 0.29) is 23.4 Å². The Bertz CT molecular complexity index is 1170. The Morgan fingerprint density at radius 3 is 2.55 bits per heavy atom. The highest BCUT2D eigenvalue weighted by atomic mass is 19.1. The molecule has 1 aliphatic heterocycles. The average molecular weight is 419 g/mol. The Morgan fingerprint density at radius 1 is 1.13 bits per heavy atom. The molecule has 31 heavy (non-hydrogen) atoms. The summed E-state index contributed by atoms with van der Waals surface area (Å²) in [5, 5.41) is 11.0. The number of aliphatic hydroxyl groups is 1. The minimum atomic E-state index is -0.882. The van der Waals surface area contributed by atoms with Crippen molar-refractivity contribution in [3.63, 3.8) is 0 Å². The van der Waals surface area contributed by atoms with Gasteiger partial charge in [-0.3, -0.25) is 19.6 Å². The van der Waals surface area contributed by atoms with Crippen LogP contribution < -0.4 is 4.74 Å². The molecule has 0 bridgehead atoms. The zero-order valence-electron chi connectivity index (χ0n) is 16.5. The number of likely N-dealkylation sites (tertiary alicyclic amines) is 1. The predicted molar refractivity (Wildman–Crippen MR) is 109 cm³/mol. The molecular weight excluding hydrogens is 401 g/mol. The number of Topliss-reactive ketones (excluding diaryl/α,β-unsaturated/α-hetero) is 1. The van der Waals surface area contributed by atoms with Gasteiger partial charge < -0.3 is 14.7 Å². The van der Waals surface area contributed by atoms with Crippen molar-refractivity contribution in [2.75, 3.05) is 7.11 Å². The van der Waals surface area contributed by atoms with Gasteiger partial charge in [0.2, 0.25) is 0 Å². The summed E-state index contributed by atoms with van der Waals surface area (Å²) < 4.78 is 19.1. The lowest BCUT2D eigenvalue weighted by Gasteiger charge is -2.25. The number of pyridine rings is 2. The maximum absolute atomic E-state index is 14.2. The quantitative estimate of drug-likeness (QED) is 0.388. The van der Waals surface area contributed by atoms with Gasteiger partial charge in [0.05, 0.1) is 18.7 Å². The second-order valence-corrected chi connectivity index (χ2v) is 6.92. The molecule has 1 saturated heterocycles. The van der Waals surface area contributed by atoms with Crippen molar-refractivity contribution in [1.82, 2.24) is 14.9 Å². The molecule has 3 aromatic rings. The Labute approximate surface area is 177 Å². The molecule has 1 N–H and O–H groups in total. The van der Waals surface area contributed by atoms with Gasteiger partial charge in [0.15, 0.2) is 11.6 Å². The van der Waals surface area contributed by atoms with Crippen LogP contribution in [0.3, 0.4) is 0 Å². The number of rotatable bonds is 5. The third kappa shape index (κ3) is 3.75. The summed E-state index contributed by atoms with van der Waals surface area (Å²) in [5.74, 6) is -2.78. The van der Waals surface area contributed by atoms with E-state index in [2.05, 4.69) is 9.97 Å². The number of halogens is 1. The lowest BCUT2D eigenvalue weighted by molar-refractivity contribution is -0.140. The molecule has 7 nitrogen and oxygen atoms in total. The van der Waals surface area contributed by atoms with Gasteiger partial charge >= 0.3 is 0 Å². The molecular formula is C23H18FN3O4. The van der Waals surface area contributed by atoms with Gasteiger partial charge in [0, 0.05) is 36.9 Å². The van der Waals surface area contributed by atoms with E-state index in [1.165, 1.54) is 30.3 Å². The van der Waals surface area contributed by atoms with Crippen LogP contribution in [0.1, 0.15) is 22.7 Å². The number of amides is 1. The molecule has 0 unspecified atom stereocenters. The van der Waals surface area contributed by atoms with Crippen LogP contribution in [0.2, 0.25) is 0 Å². The summed E-state index contributed by atoms with van der Waals surface area (Å²) in [6, 6.07) is 9.80. The van der Waals surface area contributed by atoms with Crippen LogP contribution in [0.25, 0.3) is 5.76 Å². The standard InChI is InChI=1S/C23H18FN3O4/c1-31-18-5-4-15(11-17(18)24)21(28)19-20(16-3-2-8-26-12-16)27(23(30)22(19)29)13-14-6-9-25-10-7-14/h2-12,20,28H,13H2,1H3/t20-/m0/s1. The van der Waals surface area contributed by atoms with Gasteiger partial charge in [-0.15, -0.1) is 0 Å². The van der Waals surface area contributed by atoms with Gasteiger partial charge in [-0.05, 0) is 47.5 Å². The summed E-state index contributed by atoms with van der Waals surface area (Å²) in [6.07, 6.45) is 6.27. The fourth-order valence-electron chi connectivity index (χ4n) is 3.58. The summed E-state index contributed by atoms with van der Waals surface area (Å²) in [7, 11) is 1.32. The molecule has 1 fully saturated rings. The number of aromatic nitrogens is 2. The molecule has 3 heterocycles. The Morgan fingerprint density at radius 2 is 1.90 bits per heavy atom. The summed E-state index contributed by atoms with van der Waals surface area (Å²) in [6.45, 7) is 0.125. The molecule has 1 amide bonds. The molecule has 0 radical (unpaired) electrons. The number of carbonyl (C=O) groups is 2. The normalized spacial score (nSPS) is 17.7. The first kappa shape index (κ1) is 20.2. The predicted octanol–water partition coefficient (Wildman–Crippen LogP) is 3.25. The topological polar surface area (TPSA) is 92.6 Å². The van der Waals surface area contributed by atoms with Crippen molar-refractivity contribution >= 4 is 17.4 Å². The Balaban J connectivity index is 1.85. The van der Waals surface area contributed by atoms with E-state index >= 15 is 0 Å². The summed E-state index contributed by atoms with van der Waals surface area (Å²) in [5.41, 5.74) is 1.25. The van der Waals surface area contributed by atoms with Gasteiger partial charge in [-0.2, -0.15) is 0 Å². The van der Waals surface area contributed by atoms with Crippen LogP contribution in [-0.4, -0.2) is 38.8 Å². The van der Waals surface area contributed by atoms with Gasteiger partial charge in [-0.1, -0.05) is 6.07 Å². The second kappa shape index (κ2) is 8.35. The molecule has 156 valence electrons. The highest BCUT2D eigenvalue weighted by Gasteiger charge is 2.46. The van der Waals surface area contributed by atoms with E-state index in [1.54, 1.807) is 42.9 Å². The van der Waals surface area contributed by atoms with Gasteiger partial charge in [-0.25, -0.2) is 4.39 Å². The maximum Gasteiger partial charge on any atom is 0.295 e. The summed E-state index contributed by atoms with van der Waals surface area (Å²) in [4.78, 5) is 35.3. The average Bonchev–Trinajstić information content (AvgIpc) is 3.04. The smallest absolute Gasteiger partial charge is 0.295 e. The number of ether oxygens (including phenoxy) is 1. The number of benzene rings is 1. The minimum absolute atomic E-state index is 0.00139. The molecule has 4 rings (SSSR count). The number of carbonyl (C=O) groups excluding carboxylic acids is 2. The number of nitrogens with zero attached hydrogens (tertiary/aromatic N) is 3. The first-order chi connectivity index (χ1) is 15.0. The van der Waals surface area contributed by atoms with Crippen LogP contribution in [0.15, 0.2) is 72.8 Å². The molecule has 1 aliphatic rings. The fourth-order valence-corrected chi connectivity index (χ4v) is 3.58. The highest BCUT2D eigenvalue weighted by molar-refractivity contribution is 6.46. The fraction of sp³-hybridized carbons (Fsp3) is 0.130. The largest absolute Gasteiger partial charge is 0.507 e. The number of aliphatic hydroxyl groups excluding tert-OH is 1. The van der Waals surface area contributed by atoms with E-state index < -0.39 is 29.3 Å². The second-order valence-electron chi connectivity index (χ2n) is 6.92. The number of hydrogen-bond acceptors (Lipinski definition) is 6. The van der Waals surface area contributed by atoms with E-state index in [4.69, 9.17) is 4.74 Å². The molecule has 0 spiro atoms. The van der Waals surface area contributed by atoms with Crippen molar-refractivity contribution in [2.24, 2.45) is 0 Å². The number of methoxy groups -OCH3 is 1. The van der Waals surface area contributed by atoms with E-state index in [0.29, 0.717) is 5.56 Å². The minimum Gasteiger partial charge on any atom is -0.507 e. The maximum atomic E-state index is 14.2. The van der Waals surface area contributed by atoms with Crippen molar-refractivity contribution in [1.29, 1.82) is 0 Å². The lowest BCUT2D eigenvalue weighted by atomic mass is 9.96. The molecule has 1 aromatic carbocycles. The lowest BCUT2D eigenvalue weighted by Crippen LogP contribution is -2.29. The van der Waals surface area contributed by atoms with Crippen molar-refractivity contribution in [3.8, 4) is 5.75 Å². The molecule has 8 heteroatoms. The van der Waals surface area contributed by atoms with Crippen LogP contribution in [0.4, 0.5) is 4.39 Å². The van der Waals surface area contributed by atoms with Crippen molar-refractivity contribution < 1.29 is 23.8 Å². The molecule has 2 aromatic heterocycles. The third-order valence-corrected chi connectivity index (χ3v) is 5.07. The Hall–Kier alpha value is -4.07. The first-order valence-corrected chi connectivity index (χ1v) is 9.42. The SMILES string of the molecule is COc1ccc(C(O)=C2C(=O)C(=O)N(Cc3ccncc3)[C@H]2c2cccnc2)cc1F. The van der Waals surface area contributed by atoms with E-state index in [9.17, 15) is 19.1 Å². The van der Waals surface area contributed by atoms with Crippen LogP contribution in [0, 0.1) is 5.82 Å². The summed E-state index contributed by atoms with van der Waals surface area (Å²) >= 11 is 0. The van der Waals surface area contributed by atoms with Crippen LogP contribution in [0.5, 0.6) is 5.75 Å². The monoisotopic (exact) mass is 419 g/mol. The van der Waals surface area contributed by atoms with Gasteiger partial charge in [0.25, 0.3) is 11.7 Å². The Kier molecular flexibility index (Phi) is 5.44. The van der Waals surface area contributed by atoms with Crippen molar-refractivity contribution in [2.45, 2.75) is 12.6 Å². The molecule has 0 saturated carbocycles. The van der Waals surface area contributed by atoms with Crippen molar-refractivity contribution in [3.05, 3.63) is 95.3 Å². The third-order valence-electron chi connectivity index (χ3n) is 5.07. The van der Waals surface area contributed by atoms with Crippen LogP contribution in [-0.2, 0) is 16.1 Å². The number of hydrogen-bond donors (Lipinski definition) is 1. The molecule has 0 aliphatic carbocycles. The zero-order valence-corrected chi connectivity index (χ0v) is 16.5. The highest BCUT2D eigenvalue weighted by Crippen LogP contribution is 2.40. The first-order valence-electron chi connectivity index (χ1n) is 9.42. The molecule has 1 atom stereocenters. The van der Waals surface area contributed by atoms with Gasteiger partial charge in [0.1, 0.15) is 5.76 Å². The zero-order chi connectivity index (χ0) is 22.0. The van der Waals surface area contributed by atoms with E-state index in [0.717, 1.165) is 11.6 Å². The number of ketones is 1. The van der Waals surface area contributed by atoms with E-state index in [1.807, 2.05) is 0 Å². The van der Waals surface area contributed by atoms with Crippen LogP contribution >= 0.6 is 0 Å².